The highest BCUT2D eigenvalue weighted by atomic mass is 19.4. The molecule has 0 aromatic carbocycles. The molecule has 0 saturated carbocycles. The normalized spacial score (nSPS) is 10.6. The predicted molar refractivity (Wildman–Crippen MR) is 39.7 cm³/mol. The van der Waals surface area contributed by atoms with Gasteiger partial charge in [0, 0.05) is 0 Å². The number of carboxylic acid groups (broad SMARTS) is 1. The Balaban J connectivity index is 3.82. The monoisotopic (exact) mass is 228 g/mol. The Kier molecular flexibility index (Phi) is 4.55. The number of carbonyl (C=O) groups is 3. The first-order valence-corrected chi connectivity index (χ1v) is 3.57. The molecular formula is C6H7F3N2O4. The van der Waals surface area contributed by atoms with E-state index >= 15 is 0 Å². The number of rotatable bonds is 4. The van der Waals surface area contributed by atoms with E-state index in [1.165, 1.54) is 5.32 Å². The minimum absolute atomic E-state index is 0.722. The molecule has 0 aliphatic rings. The van der Waals surface area contributed by atoms with Crippen LogP contribution in [0.1, 0.15) is 0 Å². The van der Waals surface area contributed by atoms with Crippen LogP contribution in [0.4, 0.5) is 13.2 Å². The minimum Gasteiger partial charge on any atom is -0.480 e. The van der Waals surface area contributed by atoms with Crippen LogP contribution >= 0.6 is 0 Å². The van der Waals surface area contributed by atoms with Gasteiger partial charge < -0.3 is 15.7 Å². The van der Waals surface area contributed by atoms with E-state index in [-0.39, 0.29) is 0 Å². The summed E-state index contributed by atoms with van der Waals surface area (Å²) in [6.07, 6.45) is -5.06. The fourth-order valence-corrected chi connectivity index (χ4v) is 0.497. The number of amides is 2. The minimum atomic E-state index is -5.06. The first kappa shape index (κ1) is 13.2. The lowest BCUT2D eigenvalue weighted by Gasteiger charge is -2.07. The number of hydrogen-bond acceptors (Lipinski definition) is 3. The molecule has 0 unspecified atom stereocenters. The second-order valence-electron chi connectivity index (χ2n) is 2.35. The zero-order chi connectivity index (χ0) is 12.1. The zero-order valence-corrected chi connectivity index (χ0v) is 7.22. The lowest BCUT2D eigenvalue weighted by molar-refractivity contribution is -0.173. The Morgan fingerprint density at radius 2 is 1.60 bits per heavy atom. The quantitative estimate of drug-likeness (QED) is 0.567. The van der Waals surface area contributed by atoms with Gasteiger partial charge in [-0.3, -0.25) is 14.4 Å². The van der Waals surface area contributed by atoms with E-state index in [0.717, 1.165) is 0 Å². The highest BCUT2D eigenvalue weighted by molar-refractivity contribution is 5.88. The maximum absolute atomic E-state index is 11.6. The van der Waals surface area contributed by atoms with Gasteiger partial charge in [-0.1, -0.05) is 0 Å². The van der Waals surface area contributed by atoms with E-state index in [0.29, 0.717) is 0 Å². The average molecular weight is 228 g/mol. The van der Waals surface area contributed by atoms with E-state index in [1.807, 2.05) is 0 Å². The van der Waals surface area contributed by atoms with Crippen LogP contribution in [0.3, 0.4) is 0 Å². The number of nitrogens with one attached hydrogen (secondary N) is 2. The molecule has 0 heterocycles. The molecule has 15 heavy (non-hydrogen) atoms. The van der Waals surface area contributed by atoms with Gasteiger partial charge in [0.1, 0.15) is 6.54 Å². The van der Waals surface area contributed by atoms with Crippen molar-refractivity contribution in [1.29, 1.82) is 0 Å². The highest BCUT2D eigenvalue weighted by Gasteiger charge is 2.38. The molecule has 0 aliphatic carbocycles. The van der Waals surface area contributed by atoms with Crippen molar-refractivity contribution >= 4 is 17.8 Å². The third kappa shape index (κ3) is 6.29. The smallest absolute Gasteiger partial charge is 0.471 e. The summed E-state index contributed by atoms with van der Waals surface area (Å²) in [7, 11) is 0. The molecule has 0 aromatic rings. The fourth-order valence-electron chi connectivity index (χ4n) is 0.497. The van der Waals surface area contributed by atoms with Gasteiger partial charge in [-0.05, 0) is 0 Å². The topological polar surface area (TPSA) is 95.5 Å². The van der Waals surface area contributed by atoms with Crippen LogP contribution in [0.15, 0.2) is 0 Å². The molecule has 0 spiro atoms. The lowest BCUT2D eigenvalue weighted by Crippen LogP contribution is -2.43. The van der Waals surface area contributed by atoms with Crippen molar-refractivity contribution in [3.63, 3.8) is 0 Å². The Hall–Kier alpha value is -1.80. The number of aliphatic carboxylic acids is 1. The summed E-state index contributed by atoms with van der Waals surface area (Å²) < 4.78 is 34.7. The second-order valence-corrected chi connectivity index (χ2v) is 2.35. The molecule has 86 valence electrons. The van der Waals surface area contributed by atoms with E-state index < -0.39 is 37.0 Å². The van der Waals surface area contributed by atoms with Crippen molar-refractivity contribution in [2.75, 3.05) is 13.1 Å². The van der Waals surface area contributed by atoms with Gasteiger partial charge in [-0.15, -0.1) is 0 Å². The SMILES string of the molecule is O=C(O)CNC(=O)CNC(=O)C(F)(F)F. The van der Waals surface area contributed by atoms with E-state index in [9.17, 15) is 27.6 Å². The van der Waals surface area contributed by atoms with Crippen molar-refractivity contribution in [3.8, 4) is 0 Å². The molecule has 0 rings (SSSR count). The van der Waals surface area contributed by atoms with Gasteiger partial charge in [0.2, 0.25) is 5.91 Å². The Bertz CT molecular complexity index is 276. The number of carboxylic acids is 1. The van der Waals surface area contributed by atoms with Crippen LogP contribution in [0.2, 0.25) is 0 Å². The first-order valence-electron chi connectivity index (χ1n) is 3.57. The van der Waals surface area contributed by atoms with Gasteiger partial charge in [-0.2, -0.15) is 13.2 Å². The van der Waals surface area contributed by atoms with Crippen molar-refractivity contribution in [3.05, 3.63) is 0 Å². The molecule has 0 radical (unpaired) electrons. The summed E-state index contributed by atoms with van der Waals surface area (Å²) in [5.41, 5.74) is 0. The maximum Gasteiger partial charge on any atom is 0.471 e. The number of hydrogen-bond donors (Lipinski definition) is 3. The molecule has 0 aliphatic heterocycles. The highest BCUT2D eigenvalue weighted by Crippen LogP contribution is 2.13. The van der Waals surface area contributed by atoms with Crippen LogP contribution in [0.5, 0.6) is 0 Å². The maximum atomic E-state index is 11.6. The molecule has 6 nitrogen and oxygen atoms in total. The zero-order valence-electron chi connectivity index (χ0n) is 7.22. The molecular weight excluding hydrogens is 221 g/mol. The third-order valence-corrected chi connectivity index (χ3v) is 1.10. The Morgan fingerprint density at radius 1 is 1.07 bits per heavy atom. The van der Waals surface area contributed by atoms with Gasteiger partial charge in [0.25, 0.3) is 0 Å². The van der Waals surface area contributed by atoms with Gasteiger partial charge >= 0.3 is 18.1 Å². The van der Waals surface area contributed by atoms with Crippen molar-refractivity contribution in [2.45, 2.75) is 6.18 Å². The average Bonchev–Trinajstić information content (AvgIpc) is 2.09. The predicted octanol–water partition coefficient (Wildman–Crippen LogP) is -1.13. The van der Waals surface area contributed by atoms with Gasteiger partial charge in [-0.25, -0.2) is 0 Å². The molecule has 3 N–H and O–H groups in total. The van der Waals surface area contributed by atoms with E-state index in [1.54, 1.807) is 5.32 Å². The first-order chi connectivity index (χ1) is 6.73. The molecule has 0 bridgehead atoms. The summed E-state index contributed by atoms with van der Waals surface area (Å²) >= 11 is 0. The lowest BCUT2D eigenvalue weighted by atomic mass is 10.5. The van der Waals surface area contributed by atoms with Crippen molar-refractivity contribution < 1.29 is 32.7 Å². The summed E-state index contributed by atoms with van der Waals surface area (Å²) in [4.78, 5) is 30.7. The molecule has 0 aromatic heterocycles. The molecule has 2 amide bonds. The second kappa shape index (κ2) is 5.17. The molecule has 0 saturated heterocycles. The van der Waals surface area contributed by atoms with E-state index in [2.05, 4.69) is 0 Å². The largest absolute Gasteiger partial charge is 0.480 e. The number of halogens is 3. The molecule has 9 heteroatoms. The standard InChI is InChI=1S/C6H7F3N2O4/c7-6(8,9)5(15)11-1-3(12)10-2-4(13)14/h1-2H2,(H,10,12)(H,11,15)(H,13,14). The van der Waals surface area contributed by atoms with Crippen molar-refractivity contribution in [1.82, 2.24) is 10.6 Å². The summed E-state index contributed by atoms with van der Waals surface area (Å²) in [5.74, 6) is -4.62. The molecule has 0 atom stereocenters. The van der Waals surface area contributed by atoms with Gasteiger partial charge in [0.15, 0.2) is 0 Å². The number of alkyl halides is 3. The number of carbonyl (C=O) groups excluding carboxylic acids is 2. The van der Waals surface area contributed by atoms with Crippen molar-refractivity contribution in [2.24, 2.45) is 0 Å². The summed E-state index contributed by atoms with van der Waals surface area (Å²) in [6.45, 7) is -1.65. The molecule has 0 fully saturated rings. The summed E-state index contributed by atoms with van der Waals surface area (Å²) in [6, 6.07) is 0. The van der Waals surface area contributed by atoms with Crippen LogP contribution in [-0.4, -0.2) is 42.2 Å². The van der Waals surface area contributed by atoms with E-state index in [4.69, 9.17) is 5.11 Å². The fraction of sp³-hybridized carbons (Fsp3) is 0.500. The Labute approximate surface area is 81.4 Å². The van der Waals surface area contributed by atoms with Crippen LogP contribution in [0, 0.1) is 0 Å². The Morgan fingerprint density at radius 3 is 2.00 bits per heavy atom. The summed E-state index contributed by atoms with van der Waals surface area (Å²) in [5, 5.41) is 11.1. The van der Waals surface area contributed by atoms with Crippen LogP contribution < -0.4 is 10.6 Å². The van der Waals surface area contributed by atoms with Gasteiger partial charge in [0.05, 0.1) is 6.54 Å². The van der Waals surface area contributed by atoms with Crippen LogP contribution in [0.25, 0.3) is 0 Å². The van der Waals surface area contributed by atoms with Crippen LogP contribution in [-0.2, 0) is 14.4 Å². The third-order valence-electron chi connectivity index (χ3n) is 1.10.